The minimum atomic E-state index is -0.206. The lowest BCUT2D eigenvalue weighted by Gasteiger charge is -2.07. The van der Waals surface area contributed by atoms with Crippen molar-refractivity contribution in [3.05, 3.63) is 54.1 Å². The van der Waals surface area contributed by atoms with E-state index in [0.717, 1.165) is 0 Å². The topological polar surface area (TPSA) is 84.5 Å². The summed E-state index contributed by atoms with van der Waals surface area (Å²) in [6.07, 6.45) is 0. The van der Waals surface area contributed by atoms with Gasteiger partial charge in [-0.1, -0.05) is 0 Å². The van der Waals surface area contributed by atoms with E-state index in [-0.39, 0.29) is 29.1 Å². The van der Waals surface area contributed by atoms with Crippen LogP contribution >= 0.6 is 11.8 Å². The first-order valence-electron chi connectivity index (χ1n) is 7.90. The Kier molecular flexibility index (Phi) is 7.23. The summed E-state index contributed by atoms with van der Waals surface area (Å²) in [5.74, 6) is 0.626. The number of anilines is 2. The van der Waals surface area contributed by atoms with Gasteiger partial charge in [-0.25, -0.2) is 0 Å². The molecule has 0 unspecified atom stereocenters. The van der Waals surface area contributed by atoms with Gasteiger partial charge in [0.15, 0.2) is 5.78 Å². The molecular formula is C19H20N2O4S. The number of methoxy groups -OCH3 is 1. The molecule has 0 aliphatic heterocycles. The quantitative estimate of drug-likeness (QED) is 0.695. The average Bonchev–Trinajstić information content (AvgIpc) is 2.62. The minimum absolute atomic E-state index is 0.0266. The van der Waals surface area contributed by atoms with Crippen LogP contribution in [-0.2, 0) is 9.59 Å². The molecule has 0 aromatic heterocycles. The van der Waals surface area contributed by atoms with Crippen molar-refractivity contribution in [3.63, 3.8) is 0 Å². The number of carbonyl (C=O) groups is 3. The molecule has 0 heterocycles. The summed E-state index contributed by atoms with van der Waals surface area (Å²) in [7, 11) is 1.58. The summed E-state index contributed by atoms with van der Waals surface area (Å²) in [4.78, 5) is 35.0. The maximum Gasteiger partial charge on any atom is 0.234 e. The number of hydrogen-bond donors (Lipinski definition) is 2. The molecule has 0 bridgehead atoms. The highest BCUT2D eigenvalue weighted by molar-refractivity contribution is 8.00. The van der Waals surface area contributed by atoms with E-state index in [9.17, 15) is 14.4 Å². The largest absolute Gasteiger partial charge is 0.497 e. The molecule has 0 fully saturated rings. The number of nitrogens with one attached hydrogen (secondary N) is 2. The fourth-order valence-corrected chi connectivity index (χ4v) is 2.71. The van der Waals surface area contributed by atoms with Gasteiger partial charge in [-0.05, 0) is 55.5 Å². The maximum atomic E-state index is 11.9. The number of amides is 2. The second-order valence-corrected chi connectivity index (χ2v) is 6.44. The molecule has 136 valence electrons. The number of ketones is 1. The molecule has 0 spiro atoms. The number of hydrogen-bond acceptors (Lipinski definition) is 5. The zero-order chi connectivity index (χ0) is 18.9. The normalized spacial score (nSPS) is 10.1. The van der Waals surface area contributed by atoms with E-state index in [1.807, 2.05) is 0 Å². The standard InChI is InChI=1S/C19H20N2O4S/c1-13(22)14-3-5-15(6-4-14)20-18(23)11-26-12-19(24)21-16-7-9-17(25-2)10-8-16/h3-10H,11-12H2,1-2H3,(H,20,23)(H,21,24). The van der Waals surface area contributed by atoms with Crippen LogP contribution in [-0.4, -0.2) is 36.2 Å². The molecule has 0 aliphatic rings. The van der Waals surface area contributed by atoms with E-state index in [2.05, 4.69) is 10.6 Å². The third-order valence-corrected chi connectivity index (χ3v) is 4.35. The van der Waals surface area contributed by atoms with E-state index in [1.54, 1.807) is 55.6 Å². The highest BCUT2D eigenvalue weighted by Crippen LogP contribution is 2.15. The summed E-state index contributed by atoms with van der Waals surface area (Å²) in [5.41, 5.74) is 1.88. The van der Waals surface area contributed by atoms with Crippen molar-refractivity contribution in [1.82, 2.24) is 0 Å². The monoisotopic (exact) mass is 372 g/mol. The predicted molar refractivity (Wildman–Crippen MR) is 104 cm³/mol. The number of thioether (sulfide) groups is 1. The van der Waals surface area contributed by atoms with Gasteiger partial charge in [-0.15, -0.1) is 11.8 Å². The van der Waals surface area contributed by atoms with Gasteiger partial charge >= 0.3 is 0 Å². The molecule has 6 nitrogen and oxygen atoms in total. The second-order valence-electron chi connectivity index (χ2n) is 5.45. The first kappa shape index (κ1) is 19.5. The van der Waals surface area contributed by atoms with Crippen LogP contribution in [0.25, 0.3) is 0 Å². The number of carbonyl (C=O) groups excluding carboxylic acids is 3. The fourth-order valence-electron chi connectivity index (χ4n) is 2.09. The van der Waals surface area contributed by atoms with Crippen molar-refractivity contribution < 1.29 is 19.1 Å². The molecule has 2 rings (SSSR count). The average molecular weight is 372 g/mol. The first-order chi connectivity index (χ1) is 12.5. The van der Waals surface area contributed by atoms with E-state index in [4.69, 9.17) is 4.74 Å². The van der Waals surface area contributed by atoms with Crippen molar-refractivity contribution in [2.45, 2.75) is 6.92 Å². The molecule has 0 saturated carbocycles. The van der Waals surface area contributed by atoms with Gasteiger partial charge in [0.05, 0.1) is 18.6 Å². The Morgan fingerprint density at radius 3 is 1.73 bits per heavy atom. The molecule has 2 aromatic rings. The lowest BCUT2D eigenvalue weighted by atomic mass is 10.1. The molecule has 2 aromatic carbocycles. The Labute approximate surface area is 156 Å². The molecule has 26 heavy (non-hydrogen) atoms. The number of ether oxygens (including phenoxy) is 1. The fraction of sp³-hybridized carbons (Fsp3) is 0.211. The number of benzene rings is 2. The number of rotatable bonds is 8. The van der Waals surface area contributed by atoms with Crippen LogP contribution in [0.15, 0.2) is 48.5 Å². The van der Waals surface area contributed by atoms with E-state index < -0.39 is 0 Å². The Morgan fingerprint density at radius 1 is 0.846 bits per heavy atom. The summed E-state index contributed by atoms with van der Waals surface area (Å²) < 4.78 is 5.05. The highest BCUT2D eigenvalue weighted by Gasteiger charge is 2.07. The van der Waals surface area contributed by atoms with Crippen molar-refractivity contribution in [3.8, 4) is 5.75 Å². The smallest absolute Gasteiger partial charge is 0.234 e. The van der Waals surface area contributed by atoms with Crippen LogP contribution in [0.2, 0.25) is 0 Å². The van der Waals surface area contributed by atoms with Gasteiger partial charge in [0.25, 0.3) is 0 Å². The van der Waals surface area contributed by atoms with Crippen LogP contribution in [0.4, 0.5) is 11.4 Å². The third-order valence-electron chi connectivity index (χ3n) is 3.42. The van der Waals surface area contributed by atoms with Crippen molar-refractivity contribution >= 4 is 40.7 Å². The van der Waals surface area contributed by atoms with Gasteiger partial charge in [-0.2, -0.15) is 0 Å². The first-order valence-corrected chi connectivity index (χ1v) is 9.06. The molecular weight excluding hydrogens is 352 g/mol. The summed E-state index contributed by atoms with van der Waals surface area (Å²) in [6.45, 7) is 1.49. The molecule has 2 amide bonds. The Balaban J connectivity index is 1.71. The van der Waals surface area contributed by atoms with Crippen molar-refractivity contribution in [2.24, 2.45) is 0 Å². The Hall–Kier alpha value is -2.80. The summed E-state index contributed by atoms with van der Waals surface area (Å²) in [5, 5.41) is 5.48. The van der Waals surface area contributed by atoms with Crippen LogP contribution in [0.1, 0.15) is 17.3 Å². The lowest BCUT2D eigenvalue weighted by molar-refractivity contribution is -0.114. The SMILES string of the molecule is COc1ccc(NC(=O)CSCC(=O)Nc2ccc(C(C)=O)cc2)cc1. The highest BCUT2D eigenvalue weighted by atomic mass is 32.2. The van der Waals surface area contributed by atoms with Crippen LogP contribution in [0.5, 0.6) is 5.75 Å². The Bertz CT molecular complexity index is 773. The zero-order valence-electron chi connectivity index (χ0n) is 14.6. The third kappa shape index (κ3) is 6.25. The lowest BCUT2D eigenvalue weighted by Crippen LogP contribution is -2.18. The second kappa shape index (κ2) is 9.62. The van der Waals surface area contributed by atoms with E-state index in [1.165, 1.54) is 18.7 Å². The van der Waals surface area contributed by atoms with Crippen LogP contribution in [0.3, 0.4) is 0 Å². The predicted octanol–water partition coefficient (Wildman–Crippen LogP) is 3.21. The Morgan fingerprint density at radius 2 is 1.31 bits per heavy atom. The molecule has 2 N–H and O–H groups in total. The molecule has 7 heteroatoms. The van der Waals surface area contributed by atoms with Gasteiger partial charge in [0.2, 0.25) is 11.8 Å². The van der Waals surface area contributed by atoms with Crippen molar-refractivity contribution in [1.29, 1.82) is 0 Å². The van der Waals surface area contributed by atoms with Gasteiger partial charge in [0.1, 0.15) is 5.75 Å². The van der Waals surface area contributed by atoms with Crippen LogP contribution < -0.4 is 15.4 Å². The molecule has 0 aliphatic carbocycles. The van der Waals surface area contributed by atoms with Crippen LogP contribution in [0, 0.1) is 0 Å². The van der Waals surface area contributed by atoms with E-state index in [0.29, 0.717) is 22.7 Å². The minimum Gasteiger partial charge on any atom is -0.497 e. The number of Topliss-reactive ketones (excluding diaryl/α,β-unsaturated/α-hetero) is 1. The van der Waals surface area contributed by atoms with Gasteiger partial charge < -0.3 is 15.4 Å². The molecule has 0 saturated heterocycles. The van der Waals surface area contributed by atoms with Gasteiger partial charge in [-0.3, -0.25) is 14.4 Å². The van der Waals surface area contributed by atoms with E-state index >= 15 is 0 Å². The summed E-state index contributed by atoms with van der Waals surface area (Å²) >= 11 is 1.22. The molecule has 0 radical (unpaired) electrons. The molecule has 0 atom stereocenters. The summed E-state index contributed by atoms with van der Waals surface area (Å²) in [6, 6.07) is 13.7. The van der Waals surface area contributed by atoms with Crippen molar-refractivity contribution in [2.75, 3.05) is 29.2 Å². The van der Waals surface area contributed by atoms with Gasteiger partial charge in [0, 0.05) is 16.9 Å². The maximum absolute atomic E-state index is 11.9. The zero-order valence-corrected chi connectivity index (χ0v) is 15.4.